The SMILES string of the molecule is CCCC(C)(C)Nc1cncc(C(=O)O)n1. The summed E-state index contributed by atoms with van der Waals surface area (Å²) < 4.78 is 0. The minimum absolute atomic E-state index is 0.0442. The third-order valence-electron chi connectivity index (χ3n) is 2.20. The molecule has 2 N–H and O–H groups in total. The molecule has 0 saturated carbocycles. The third kappa shape index (κ3) is 3.49. The lowest BCUT2D eigenvalue weighted by Gasteiger charge is -2.26. The second-order valence-electron chi connectivity index (χ2n) is 4.35. The molecule has 1 aromatic rings. The molecule has 16 heavy (non-hydrogen) atoms. The summed E-state index contributed by atoms with van der Waals surface area (Å²) in [6.45, 7) is 6.19. The molecular formula is C11H17N3O2. The number of carboxylic acid groups (broad SMARTS) is 1. The Kier molecular flexibility index (Phi) is 3.82. The Morgan fingerprint density at radius 2 is 2.19 bits per heavy atom. The molecule has 0 unspecified atom stereocenters. The van der Waals surface area contributed by atoms with E-state index in [1.54, 1.807) is 0 Å². The van der Waals surface area contributed by atoms with Gasteiger partial charge in [0.15, 0.2) is 5.69 Å². The highest BCUT2D eigenvalue weighted by Crippen LogP contribution is 2.17. The maximum Gasteiger partial charge on any atom is 0.356 e. The van der Waals surface area contributed by atoms with Gasteiger partial charge < -0.3 is 10.4 Å². The Bertz CT molecular complexity index is 377. The summed E-state index contributed by atoms with van der Waals surface area (Å²) in [5.41, 5.74) is -0.155. The number of nitrogens with zero attached hydrogens (tertiary/aromatic N) is 2. The average molecular weight is 223 g/mol. The molecular weight excluding hydrogens is 206 g/mol. The van der Waals surface area contributed by atoms with Gasteiger partial charge in [-0.1, -0.05) is 13.3 Å². The molecule has 5 heteroatoms. The van der Waals surface area contributed by atoms with Crippen LogP contribution in [0.4, 0.5) is 5.82 Å². The summed E-state index contributed by atoms with van der Waals surface area (Å²) in [4.78, 5) is 18.5. The molecule has 0 amide bonds. The largest absolute Gasteiger partial charge is 0.476 e. The van der Waals surface area contributed by atoms with E-state index in [4.69, 9.17) is 5.11 Å². The molecule has 0 radical (unpaired) electrons. The Labute approximate surface area is 94.9 Å². The van der Waals surface area contributed by atoms with Crippen LogP contribution in [-0.4, -0.2) is 26.6 Å². The van der Waals surface area contributed by atoms with Gasteiger partial charge in [0.05, 0.1) is 12.4 Å². The predicted octanol–water partition coefficient (Wildman–Crippen LogP) is 2.17. The van der Waals surface area contributed by atoms with Crippen LogP contribution in [0.3, 0.4) is 0 Å². The van der Waals surface area contributed by atoms with Gasteiger partial charge in [0.2, 0.25) is 0 Å². The highest BCUT2D eigenvalue weighted by Gasteiger charge is 2.17. The molecule has 0 bridgehead atoms. The summed E-state index contributed by atoms with van der Waals surface area (Å²) in [7, 11) is 0. The maximum absolute atomic E-state index is 10.7. The lowest BCUT2D eigenvalue weighted by molar-refractivity contribution is 0.0690. The highest BCUT2D eigenvalue weighted by atomic mass is 16.4. The van der Waals surface area contributed by atoms with Crippen molar-refractivity contribution >= 4 is 11.8 Å². The van der Waals surface area contributed by atoms with Crippen LogP contribution < -0.4 is 5.32 Å². The standard InChI is InChI=1S/C11H17N3O2/c1-4-5-11(2,3)14-9-7-12-6-8(13-9)10(15)16/h6-7H,4-5H2,1-3H3,(H,13,14)(H,15,16). The van der Waals surface area contributed by atoms with E-state index >= 15 is 0 Å². The molecule has 0 spiro atoms. The monoisotopic (exact) mass is 223 g/mol. The average Bonchev–Trinajstić information content (AvgIpc) is 2.17. The molecule has 0 aromatic carbocycles. The number of rotatable bonds is 5. The number of aromatic nitrogens is 2. The Balaban J connectivity index is 2.81. The van der Waals surface area contributed by atoms with E-state index in [-0.39, 0.29) is 11.2 Å². The van der Waals surface area contributed by atoms with Crippen molar-refractivity contribution in [3.8, 4) is 0 Å². The van der Waals surface area contributed by atoms with E-state index in [0.29, 0.717) is 5.82 Å². The van der Waals surface area contributed by atoms with Crippen LogP contribution in [0.1, 0.15) is 44.1 Å². The van der Waals surface area contributed by atoms with Crippen molar-refractivity contribution < 1.29 is 9.90 Å². The van der Waals surface area contributed by atoms with Crippen molar-refractivity contribution in [2.24, 2.45) is 0 Å². The second-order valence-corrected chi connectivity index (χ2v) is 4.35. The molecule has 1 rings (SSSR count). The smallest absolute Gasteiger partial charge is 0.356 e. The highest BCUT2D eigenvalue weighted by molar-refractivity contribution is 5.85. The zero-order valence-corrected chi connectivity index (χ0v) is 9.82. The van der Waals surface area contributed by atoms with Crippen molar-refractivity contribution in [2.45, 2.75) is 39.2 Å². The van der Waals surface area contributed by atoms with E-state index in [0.717, 1.165) is 12.8 Å². The predicted molar refractivity (Wildman–Crippen MR) is 61.6 cm³/mol. The van der Waals surface area contributed by atoms with E-state index in [1.807, 2.05) is 13.8 Å². The molecule has 0 fully saturated rings. The molecule has 0 atom stereocenters. The van der Waals surface area contributed by atoms with E-state index in [1.165, 1.54) is 12.4 Å². The minimum atomic E-state index is -1.07. The minimum Gasteiger partial charge on any atom is -0.476 e. The number of carboxylic acids is 1. The first kappa shape index (κ1) is 12.4. The van der Waals surface area contributed by atoms with Crippen LogP contribution in [0, 0.1) is 0 Å². The number of anilines is 1. The van der Waals surface area contributed by atoms with Gasteiger partial charge in [-0.25, -0.2) is 9.78 Å². The molecule has 0 aliphatic rings. The van der Waals surface area contributed by atoms with Crippen LogP contribution in [0.5, 0.6) is 0 Å². The van der Waals surface area contributed by atoms with Gasteiger partial charge in [-0.3, -0.25) is 4.98 Å². The summed E-state index contributed by atoms with van der Waals surface area (Å²) >= 11 is 0. The van der Waals surface area contributed by atoms with E-state index < -0.39 is 5.97 Å². The zero-order chi connectivity index (χ0) is 12.2. The molecule has 5 nitrogen and oxygen atoms in total. The topological polar surface area (TPSA) is 75.1 Å². The van der Waals surface area contributed by atoms with E-state index in [2.05, 4.69) is 22.2 Å². The zero-order valence-electron chi connectivity index (χ0n) is 9.82. The molecule has 88 valence electrons. The fraction of sp³-hybridized carbons (Fsp3) is 0.545. The van der Waals surface area contributed by atoms with Gasteiger partial charge in [-0.15, -0.1) is 0 Å². The van der Waals surface area contributed by atoms with Crippen molar-refractivity contribution in [1.82, 2.24) is 9.97 Å². The Morgan fingerprint density at radius 3 is 2.75 bits per heavy atom. The molecule has 0 saturated heterocycles. The summed E-state index contributed by atoms with van der Waals surface area (Å²) in [6.07, 6.45) is 4.79. The fourth-order valence-corrected chi connectivity index (χ4v) is 1.56. The molecule has 1 aromatic heterocycles. The van der Waals surface area contributed by atoms with Crippen molar-refractivity contribution in [3.05, 3.63) is 18.1 Å². The fourth-order valence-electron chi connectivity index (χ4n) is 1.56. The first-order valence-electron chi connectivity index (χ1n) is 5.28. The number of aromatic carboxylic acids is 1. The van der Waals surface area contributed by atoms with Gasteiger partial charge in [0.1, 0.15) is 5.82 Å². The Morgan fingerprint density at radius 1 is 1.50 bits per heavy atom. The van der Waals surface area contributed by atoms with Crippen LogP contribution in [0.25, 0.3) is 0 Å². The third-order valence-corrected chi connectivity index (χ3v) is 2.20. The quantitative estimate of drug-likeness (QED) is 0.800. The summed E-state index contributed by atoms with van der Waals surface area (Å²) in [6, 6.07) is 0. The first-order valence-corrected chi connectivity index (χ1v) is 5.28. The van der Waals surface area contributed by atoms with Gasteiger partial charge in [-0.05, 0) is 20.3 Å². The Hall–Kier alpha value is -1.65. The number of hydrogen-bond donors (Lipinski definition) is 2. The maximum atomic E-state index is 10.7. The van der Waals surface area contributed by atoms with Crippen molar-refractivity contribution in [3.63, 3.8) is 0 Å². The van der Waals surface area contributed by atoms with Crippen LogP contribution in [-0.2, 0) is 0 Å². The summed E-state index contributed by atoms with van der Waals surface area (Å²) in [5, 5.41) is 12.0. The number of carbonyl (C=O) groups is 1. The lowest BCUT2D eigenvalue weighted by Crippen LogP contribution is -2.31. The van der Waals surface area contributed by atoms with Crippen molar-refractivity contribution in [1.29, 1.82) is 0 Å². The number of hydrogen-bond acceptors (Lipinski definition) is 4. The van der Waals surface area contributed by atoms with Crippen LogP contribution >= 0.6 is 0 Å². The number of nitrogens with one attached hydrogen (secondary N) is 1. The van der Waals surface area contributed by atoms with Gasteiger partial charge in [0, 0.05) is 5.54 Å². The first-order chi connectivity index (χ1) is 7.44. The van der Waals surface area contributed by atoms with Gasteiger partial charge in [0.25, 0.3) is 0 Å². The van der Waals surface area contributed by atoms with Crippen LogP contribution in [0.2, 0.25) is 0 Å². The molecule has 0 aliphatic carbocycles. The normalized spacial score (nSPS) is 11.2. The summed E-state index contributed by atoms with van der Waals surface area (Å²) in [5.74, 6) is -0.567. The molecule has 0 aliphatic heterocycles. The second kappa shape index (κ2) is 4.92. The van der Waals surface area contributed by atoms with Crippen molar-refractivity contribution in [2.75, 3.05) is 5.32 Å². The van der Waals surface area contributed by atoms with Gasteiger partial charge in [-0.2, -0.15) is 0 Å². The molecule has 1 heterocycles. The lowest BCUT2D eigenvalue weighted by atomic mass is 9.99. The van der Waals surface area contributed by atoms with Crippen LogP contribution in [0.15, 0.2) is 12.4 Å². The van der Waals surface area contributed by atoms with Gasteiger partial charge >= 0.3 is 5.97 Å². The van der Waals surface area contributed by atoms with E-state index in [9.17, 15) is 4.79 Å².